The van der Waals surface area contributed by atoms with E-state index in [0.29, 0.717) is 0 Å². The van der Waals surface area contributed by atoms with Gasteiger partial charge in [0, 0.05) is 16.6 Å². The van der Waals surface area contributed by atoms with E-state index in [9.17, 15) is 0 Å². The average Bonchev–Trinajstić information content (AvgIpc) is 2.75. The highest BCUT2D eigenvalue weighted by Gasteiger charge is 2.15. The Hall–Kier alpha value is -2.97. The Morgan fingerprint density at radius 1 is 0.643 bits per heavy atom. The molecule has 0 spiro atoms. The van der Waals surface area contributed by atoms with Gasteiger partial charge in [0.2, 0.25) is 0 Å². The summed E-state index contributed by atoms with van der Waals surface area (Å²) in [6, 6.07) is 34.1. The Morgan fingerprint density at radius 2 is 1.21 bits per heavy atom. The third-order valence-corrected chi connectivity index (χ3v) is 5.22. The smallest absolute Gasteiger partial charge is 0.0641 e. The van der Waals surface area contributed by atoms with Gasteiger partial charge in [-0.2, -0.15) is 0 Å². The molecular weight excluding hydrogens is 406 g/mol. The van der Waals surface area contributed by atoms with Gasteiger partial charge in [-0.25, -0.2) is 0 Å². The first kappa shape index (κ1) is 18.4. The van der Waals surface area contributed by atoms with E-state index in [2.05, 4.69) is 112 Å². The van der Waals surface area contributed by atoms with Gasteiger partial charge < -0.3 is 0 Å². The predicted octanol–water partition coefficient (Wildman–Crippen LogP) is 7.19. The predicted molar refractivity (Wildman–Crippen MR) is 121 cm³/mol. The SMILES string of the molecule is Brc1ccnc(C=Cc2ccc(C(c3ccccc3)c3ccccc3)cc2)c1. The minimum atomic E-state index is 0.229. The van der Waals surface area contributed by atoms with Crippen LogP contribution in [0.15, 0.2) is 108 Å². The largest absolute Gasteiger partial charge is 0.257 e. The molecule has 3 aromatic carbocycles. The molecule has 1 heterocycles. The van der Waals surface area contributed by atoms with E-state index in [-0.39, 0.29) is 5.92 Å². The molecule has 0 aliphatic heterocycles. The lowest BCUT2D eigenvalue weighted by molar-refractivity contribution is 0.977. The maximum absolute atomic E-state index is 4.36. The fraction of sp³-hybridized carbons (Fsp3) is 0.0385. The molecule has 1 aromatic heterocycles. The van der Waals surface area contributed by atoms with E-state index in [0.717, 1.165) is 15.7 Å². The maximum Gasteiger partial charge on any atom is 0.0641 e. The molecule has 4 rings (SSSR count). The van der Waals surface area contributed by atoms with Crippen molar-refractivity contribution in [3.05, 3.63) is 136 Å². The quantitative estimate of drug-likeness (QED) is 0.308. The number of pyridine rings is 1. The molecular formula is C26H20BrN. The first-order valence-electron chi connectivity index (χ1n) is 9.29. The Morgan fingerprint density at radius 3 is 1.79 bits per heavy atom. The number of rotatable bonds is 5. The molecule has 0 saturated carbocycles. The minimum absolute atomic E-state index is 0.229. The summed E-state index contributed by atoms with van der Waals surface area (Å²) >= 11 is 3.48. The number of hydrogen-bond acceptors (Lipinski definition) is 1. The van der Waals surface area contributed by atoms with Crippen LogP contribution in [0.3, 0.4) is 0 Å². The van der Waals surface area contributed by atoms with Crippen molar-refractivity contribution in [1.29, 1.82) is 0 Å². The highest BCUT2D eigenvalue weighted by molar-refractivity contribution is 9.10. The first-order chi connectivity index (χ1) is 13.8. The van der Waals surface area contributed by atoms with Crippen LogP contribution >= 0.6 is 15.9 Å². The molecule has 0 N–H and O–H groups in total. The van der Waals surface area contributed by atoms with Crippen LogP contribution < -0.4 is 0 Å². The molecule has 0 aliphatic rings. The highest BCUT2D eigenvalue weighted by atomic mass is 79.9. The monoisotopic (exact) mass is 425 g/mol. The Labute approximate surface area is 174 Å². The molecule has 0 unspecified atom stereocenters. The lowest BCUT2D eigenvalue weighted by Gasteiger charge is -2.19. The average molecular weight is 426 g/mol. The van der Waals surface area contributed by atoms with Crippen molar-refractivity contribution in [1.82, 2.24) is 4.98 Å². The van der Waals surface area contributed by atoms with Crippen LogP contribution in [0.5, 0.6) is 0 Å². The molecule has 0 amide bonds. The normalized spacial score (nSPS) is 11.2. The first-order valence-corrected chi connectivity index (χ1v) is 10.1. The van der Waals surface area contributed by atoms with Crippen molar-refractivity contribution in [3.8, 4) is 0 Å². The van der Waals surface area contributed by atoms with Gasteiger partial charge >= 0.3 is 0 Å². The molecule has 0 aliphatic carbocycles. The van der Waals surface area contributed by atoms with E-state index in [4.69, 9.17) is 0 Å². The summed E-state index contributed by atoms with van der Waals surface area (Å²) in [5.41, 5.74) is 5.98. The number of benzene rings is 3. The Kier molecular flexibility index (Phi) is 5.79. The van der Waals surface area contributed by atoms with Crippen LogP contribution in [0.2, 0.25) is 0 Å². The summed E-state index contributed by atoms with van der Waals surface area (Å²) in [6.45, 7) is 0. The Balaban J connectivity index is 1.63. The van der Waals surface area contributed by atoms with Crippen LogP contribution in [0, 0.1) is 0 Å². The molecule has 28 heavy (non-hydrogen) atoms. The van der Waals surface area contributed by atoms with Gasteiger partial charge in [0.05, 0.1) is 5.69 Å². The topological polar surface area (TPSA) is 12.9 Å². The van der Waals surface area contributed by atoms with E-state index in [1.807, 2.05) is 18.2 Å². The van der Waals surface area contributed by atoms with Crippen molar-refractivity contribution in [2.24, 2.45) is 0 Å². The van der Waals surface area contributed by atoms with Crippen LogP contribution in [-0.4, -0.2) is 4.98 Å². The third-order valence-electron chi connectivity index (χ3n) is 4.73. The standard InChI is InChI=1S/C26H20BrN/c27-24-17-18-28-25(19-24)16-13-20-11-14-23(15-12-20)26(21-7-3-1-4-8-21)22-9-5-2-6-10-22/h1-19,26H. The molecule has 4 aromatic rings. The van der Waals surface area contributed by atoms with Gasteiger partial charge in [0.1, 0.15) is 0 Å². The second-order valence-corrected chi connectivity index (χ2v) is 7.57. The lowest BCUT2D eigenvalue weighted by Crippen LogP contribution is -2.03. The van der Waals surface area contributed by atoms with E-state index in [1.165, 1.54) is 16.7 Å². The molecule has 1 nitrogen and oxygen atoms in total. The van der Waals surface area contributed by atoms with Crippen LogP contribution in [0.4, 0.5) is 0 Å². The number of halogens is 1. The highest BCUT2D eigenvalue weighted by Crippen LogP contribution is 2.32. The fourth-order valence-corrected chi connectivity index (χ4v) is 3.71. The van der Waals surface area contributed by atoms with E-state index in [1.54, 1.807) is 6.20 Å². The molecule has 0 saturated heterocycles. The van der Waals surface area contributed by atoms with Gasteiger partial charge in [0.25, 0.3) is 0 Å². The zero-order valence-electron chi connectivity index (χ0n) is 15.4. The van der Waals surface area contributed by atoms with Gasteiger partial charge in [0.15, 0.2) is 0 Å². The van der Waals surface area contributed by atoms with E-state index < -0.39 is 0 Å². The summed E-state index contributed by atoms with van der Waals surface area (Å²) in [4.78, 5) is 4.36. The number of hydrogen-bond donors (Lipinski definition) is 0. The van der Waals surface area contributed by atoms with Crippen LogP contribution in [-0.2, 0) is 0 Å². The van der Waals surface area contributed by atoms with Crippen molar-refractivity contribution in [3.63, 3.8) is 0 Å². The van der Waals surface area contributed by atoms with Crippen LogP contribution in [0.25, 0.3) is 12.2 Å². The summed E-state index contributed by atoms with van der Waals surface area (Å²) in [7, 11) is 0. The molecule has 0 atom stereocenters. The van der Waals surface area contributed by atoms with Gasteiger partial charge in [-0.3, -0.25) is 4.98 Å². The third kappa shape index (κ3) is 4.47. The van der Waals surface area contributed by atoms with Crippen molar-refractivity contribution >= 4 is 28.1 Å². The van der Waals surface area contributed by atoms with Crippen molar-refractivity contribution < 1.29 is 0 Å². The second kappa shape index (κ2) is 8.81. The lowest BCUT2D eigenvalue weighted by atomic mass is 9.85. The zero-order valence-corrected chi connectivity index (χ0v) is 17.0. The zero-order chi connectivity index (χ0) is 19.2. The number of aromatic nitrogens is 1. The van der Waals surface area contributed by atoms with Gasteiger partial charge in [-0.1, -0.05) is 107 Å². The molecule has 136 valence electrons. The van der Waals surface area contributed by atoms with Crippen molar-refractivity contribution in [2.45, 2.75) is 5.92 Å². The second-order valence-electron chi connectivity index (χ2n) is 6.65. The summed E-state index contributed by atoms with van der Waals surface area (Å²) in [5.74, 6) is 0.229. The minimum Gasteiger partial charge on any atom is -0.257 e. The Bertz CT molecular complexity index is 1010. The number of nitrogens with zero attached hydrogens (tertiary/aromatic N) is 1. The summed E-state index contributed by atoms with van der Waals surface area (Å²) in [5, 5.41) is 0. The van der Waals surface area contributed by atoms with Gasteiger partial charge in [-0.05, 0) is 40.5 Å². The molecule has 0 radical (unpaired) electrons. The maximum atomic E-state index is 4.36. The van der Waals surface area contributed by atoms with Crippen molar-refractivity contribution in [2.75, 3.05) is 0 Å². The van der Waals surface area contributed by atoms with Crippen LogP contribution in [0.1, 0.15) is 33.9 Å². The van der Waals surface area contributed by atoms with Gasteiger partial charge in [-0.15, -0.1) is 0 Å². The fourth-order valence-electron chi connectivity index (χ4n) is 3.36. The molecule has 0 bridgehead atoms. The summed E-state index contributed by atoms with van der Waals surface area (Å²) < 4.78 is 1.03. The molecule has 0 fully saturated rings. The molecule has 2 heteroatoms. The summed E-state index contributed by atoms with van der Waals surface area (Å²) in [6.07, 6.45) is 5.93. The van der Waals surface area contributed by atoms with E-state index >= 15 is 0 Å².